The number of rotatable bonds is 3. The van der Waals surface area contributed by atoms with Gasteiger partial charge >= 0.3 is 6.18 Å². The van der Waals surface area contributed by atoms with Crippen LogP contribution < -0.4 is 4.72 Å². The van der Waals surface area contributed by atoms with Crippen molar-refractivity contribution in [2.75, 3.05) is 5.75 Å². The summed E-state index contributed by atoms with van der Waals surface area (Å²) in [5, 5.41) is 0. The van der Waals surface area contributed by atoms with E-state index < -0.39 is 22.0 Å². The van der Waals surface area contributed by atoms with Gasteiger partial charge in [0.25, 0.3) is 0 Å². The highest BCUT2D eigenvalue weighted by Gasteiger charge is 2.62. The fourth-order valence-corrected chi connectivity index (χ4v) is 5.16. The van der Waals surface area contributed by atoms with Crippen LogP contribution in [0.4, 0.5) is 13.2 Å². The lowest BCUT2D eigenvalue weighted by Gasteiger charge is -2.39. The van der Waals surface area contributed by atoms with Gasteiger partial charge in [0, 0.05) is 6.04 Å². The van der Waals surface area contributed by atoms with Crippen LogP contribution in [0.2, 0.25) is 0 Å². The summed E-state index contributed by atoms with van der Waals surface area (Å²) >= 11 is 0. The lowest BCUT2D eigenvalue weighted by Crippen LogP contribution is -2.48. The third-order valence-electron chi connectivity index (χ3n) is 5.47. The zero-order valence-corrected chi connectivity index (χ0v) is 12.2. The van der Waals surface area contributed by atoms with E-state index in [-0.39, 0.29) is 16.9 Å². The minimum Gasteiger partial charge on any atom is -0.212 e. The molecule has 2 aliphatic carbocycles. The first kappa shape index (κ1) is 15.1. The Labute approximate surface area is 112 Å². The Morgan fingerprint density at radius 1 is 1.26 bits per heavy atom. The molecule has 0 aromatic heterocycles. The SMILES string of the molecule is CC1(C)C2CCC1(C)C(NS(=O)(=O)CC(F)(F)F)C2. The fraction of sp³-hybridized carbons (Fsp3) is 1.00. The number of alkyl halides is 3. The maximum Gasteiger partial charge on any atom is 0.404 e. The Morgan fingerprint density at radius 3 is 2.21 bits per heavy atom. The summed E-state index contributed by atoms with van der Waals surface area (Å²) in [5.74, 6) is -1.41. The standard InChI is InChI=1S/C12H20F3NO2S/c1-10(2)8-4-5-11(10,3)9(6-8)16-19(17,18)7-12(13,14)15/h8-9,16H,4-7H2,1-3H3. The van der Waals surface area contributed by atoms with E-state index in [1.807, 2.05) is 6.92 Å². The molecule has 19 heavy (non-hydrogen) atoms. The van der Waals surface area contributed by atoms with Crippen LogP contribution in [0.1, 0.15) is 40.0 Å². The summed E-state index contributed by atoms with van der Waals surface area (Å²) < 4.78 is 62.2. The predicted octanol–water partition coefficient (Wildman–Crippen LogP) is 2.68. The van der Waals surface area contributed by atoms with Gasteiger partial charge in [-0.15, -0.1) is 0 Å². The molecule has 2 aliphatic rings. The van der Waals surface area contributed by atoms with E-state index in [0.29, 0.717) is 12.3 Å². The van der Waals surface area contributed by atoms with E-state index in [0.717, 1.165) is 12.8 Å². The van der Waals surface area contributed by atoms with Gasteiger partial charge < -0.3 is 0 Å². The molecule has 0 heterocycles. The predicted molar refractivity (Wildman–Crippen MR) is 66.0 cm³/mol. The van der Waals surface area contributed by atoms with Crippen LogP contribution in [-0.2, 0) is 10.0 Å². The van der Waals surface area contributed by atoms with Crippen LogP contribution in [0.3, 0.4) is 0 Å². The highest BCUT2D eigenvalue weighted by atomic mass is 32.2. The van der Waals surface area contributed by atoms with Gasteiger partial charge in [0.2, 0.25) is 10.0 Å². The summed E-state index contributed by atoms with van der Waals surface area (Å²) in [5.41, 5.74) is -0.283. The lowest BCUT2D eigenvalue weighted by molar-refractivity contribution is -0.106. The normalized spacial score (nSPS) is 37.8. The van der Waals surface area contributed by atoms with Crippen LogP contribution in [-0.4, -0.2) is 26.4 Å². The Kier molecular flexibility index (Phi) is 3.26. The van der Waals surface area contributed by atoms with Crippen LogP contribution >= 0.6 is 0 Å². The zero-order chi connectivity index (χ0) is 14.7. The van der Waals surface area contributed by atoms with Gasteiger partial charge in [-0.3, -0.25) is 0 Å². The van der Waals surface area contributed by atoms with Crippen molar-refractivity contribution >= 4 is 10.0 Å². The smallest absolute Gasteiger partial charge is 0.212 e. The zero-order valence-electron chi connectivity index (χ0n) is 11.3. The van der Waals surface area contributed by atoms with Crippen LogP contribution in [0.25, 0.3) is 0 Å². The summed E-state index contributed by atoms with van der Waals surface area (Å²) in [6.45, 7) is 6.16. The number of halogens is 3. The molecule has 0 spiro atoms. The lowest BCUT2D eigenvalue weighted by atomic mass is 9.69. The number of sulfonamides is 1. The van der Waals surface area contributed by atoms with Crippen molar-refractivity contribution in [1.82, 2.24) is 4.72 Å². The molecule has 0 aromatic rings. The Balaban J connectivity index is 2.14. The molecule has 2 fully saturated rings. The largest absolute Gasteiger partial charge is 0.404 e. The molecule has 2 bridgehead atoms. The van der Waals surface area contributed by atoms with Crippen LogP contribution in [0, 0.1) is 16.7 Å². The molecule has 2 saturated carbocycles. The molecule has 0 radical (unpaired) electrons. The maximum absolute atomic E-state index is 12.2. The average molecular weight is 299 g/mol. The molecule has 3 nitrogen and oxygen atoms in total. The van der Waals surface area contributed by atoms with E-state index >= 15 is 0 Å². The molecule has 3 unspecified atom stereocenters. The van der Waals surface area contributed by atoms with Gasteiger partial charge in [-0.2, -0.15) is 13.2 Å². The first-order chi connectivity index (χ1) is 8.37. The van der Waals surface area contributed by atoms with Crippen molar-refractivity contribution in [3.63, 3.8) is 0 Å². The summed E-state index contributed by atoms with van der Waals surface area (Å²) in [6, 6.07) is -0.381. The summed E-state index contributed by atoms with van der Waals surface area (Å²) in [7, 11) is -4.31. The minimum absolute atomic E-state index is 0.0293. The third-order valence-corrected chi connectivity index (χ3v) is 6.82. The summed E-state index contributed by atoms with van der Waals surface area (Å²) in [6.07, 6.45) is -2.16. The monoisotopic (exact) mass is 299 g/mol. The molecule has 0 saturated heterocycles. The number of hydrogen-bond donors (Lipinski definition) is 1. The second kappa shape index (κ2) is 4.10. The molecule has 1 N–H and O–H groups in total. The Morgan fingerprint density at radius 2 is 1.84 bits per heavy atom. The second-order valence-corrected chi connectivity index (χ2v) is 8.41. The van der Waals surface area contributed by atoms with Gasteiger partial charge in [-0.25, -0.2) is 13.1 Å². The van der Waals surface area contributed by atoms with E-state index in [4.69, 9.17) is 0 Å². The Hall–Kier alpha value is -0.300. The van der Waals surface area contributed by atoms with Gasteiger partial charge in [0.1, 0.15) is 0 Å². The van der Waals surface area contributed by atoms with Gasteiger partial charge in [-0.05, 0) is 36.0 Å². The number of nitrogens with one attached hydrogen (secondary N) is 1. The van der Waals surface area contributed by atoms with Crippen LogP contribution in [0.5, 0.6) is 0 Å². The fourth-order valence-electron chi connectivity index (χ4n) is 3.86. The van der Waals surface area contributed by atoms with Crippen LogP contribution in [0.15, 0.2) is 0 Å². The second-order valence-electron chi connectivity index (χ2n) is 6.66. The average Bonchev–Trinajstić information content (AvgIpc) is 2.45. The molecular weight excluding hydrogens is 279 g/mol. The molecule has 0 aliphatic heterocycles. The van der Waals surface area contributed by atoms with Crippen molar-refractivity contribution in [3.05, 3.63) is 0 Å². The number of fused-ring (bicyclic) bond motifs is 2. The third kappa shape index (κ3) is 2.51. The van der Waals surface area contributed by atoms with Gasteiger partial charge in [0.15, 0.2) is 5.75 Å². The quantitative estimate of drug-likeness (QED) is 0.871. The van der Waals surface area contributed by atoms with Gasteiger partial charge in [0.05, 0.1) is 0 Å². The first-order valence-corrected chi connectivity index (χ1v) is 8.09. The van der Waals surface area contributed by atoms with Gasteiger partial charge in [-0.1, -0.05) is 20.8 Å². The van der Waals surface area contributed by atoms with Crippen molar-refractivity contribution < 1.29 is 21.6 Å². The highest BCUT2D eigenvalue weighted by molar-refractivity contribution is 7.89. The van der Waals surface area contributed by atoms with Crippen molar-refractivity contribution in [1.29, 1.82) is 0 Å². The molecule has 0 aromatic carbocycles. The van der Waals surface area contributed by atoms with E-state index in [1.165, 1.54) is 0 Å². The molecule has 2 rings (SSSR count). The molecule has 3 atom stereocenters. The van der Waals surface area contributed by atoms with E-state index in [1.54, 1.807) is 0 Å². The van der Waals surface area contributed by atoms with E-state index in [2.05, 4.69) is 18.6 Å². The van der Waals surface area contributed by atoms with Crippen molar-refractivity contribution in [2.24, 2.45) is 16.7 Å². The Bertz CT molecular complexity index is 472. The molecule has 7 heteroatoms. The topological polar surface area (TPSA) is 46.2 Å². The molecule has 0 amide bonds. The van der Waals surface area contributed by atoms with Crippen molar-refractivity contribution in [2.45, 2.75) is 52.3 Å². The summed E-state index contributed by atoms with van der Waals surface area (Å²) in [4.78, 5) is 0. The minimum atomic E-state index is -4.69. The molecular formula is C12H20F3NO2S. The maximum atomic E-state index is 12.2. The molecule has 112 valence electrons. The van der Waals surface area contributed by atoms with E-state index in [9.17, 15) is 21.6 Å². The van der Waals surface area contributed by atoms with Crippen molar-refractivity contribution in [3.8, 4) is 0 Å². The first-order valence-electron chi connectivity index (χ1n) is 6.44. The highest BCUT2D eigenvalue weighted by Crippen LogP contribution is 2.65. The number of hydrogen-bond acceptors (Lipinski definition) is 2.